The van der Waals surface area contributed by atoms with Gasteiger partial charge in [0.05, 0.1) is 19.7 Å². The Morgan fingerprint density at radius 2 is 1.92 bits per heavy atom. The third-order valence-electron chi connectivity index (χ3n) is 1.41. The minimum absolute atomic E-state index is 0.303. The average molecular weight is 314 g/mol. The van der Waals surface area contributed by atoms with Crippen molar-refractivity contribution in [3.63, 3.8) is 0 Å². The van der Waals surface area contributed by atoms with Gasteiger partial charge >= 0.3 is 0 Å². The molecule has 0 amide bonds. The molecule has 0 saturated heterocycles. The van der Waals surface area contributed by atoms with Gasteiger partial charge in [0, 0.05) is 4.47 Å². The Kier molecular flexibility index (Phi) is 2.96. The van der Waals surface area contributed by atoms with Crippen LogP contribution in [0.15, 0.2) is 27.6 Å². The summed E-state index contributed by atoms with van der Waals surface area (Å²) in [5.74, 6) is 0. The summed E-state index contributed by atoms with van der Waals surface area (Å²) < 4.78 is 23.0. The highest BCUT2D eigenvalue weighted by Crippen LogP contribution is 2.24. The summed E-state index contributed by atoms with van der Waals surface area (Å²) in [4.78, 5) is 0.303. The molecule has 1 aromatic carbocycles. The molecule has 2 nitrogen and oxygen atoms in total. The fourth-order valence-corrected chi connectivity index (χ4v) is 3.12. The van der Waals surface area contributed by atoms with Crippen molar-refractivity contribution in [3.8, 4) is 0 Å². The largest absolute Gasteiger partial charge is 0.237 e. The second-order valence-electron chi connectivity index (χ2n) is 2.35. The molecule has 0 unspecified atom stereocenters. The molecule has 0 heterocycles. The standard InChI is InChI=1S/C7H6Br2O2S/c1-5-2-3-6(8)4-7(5)12(9,10)11/h2-4H,1H3. The fourth-order valence-electron chi connectivity index (χ4n) is 0.837. The molecule has 66 valence electrons. The summed E-state index contributed by atoms with van der Waals surface area (Å²) in [5, 5.41) is 0. The Hall–Kier alpha value is 0.130. The molecule has 0 aliphatic carbocycles. The highest BCUT2D eigenvalue weighted by Gasteiger charge is 2.12. The lowest BCUT2D eigenvalue weighted by Gasteiger charge is -2.01. The van der Waals surface area contributed by atoms with Gasteiger partial charge in [0.25, 0.3) is 0 Å². The molecule has 0 aromatic heterocycles. The zero-order valence-electron chi connectivity index (χ0n) is 6.21. The first-order valence-electron chi connectivity index (χ1n) is 3.12. The van der Waals surface area contributed by atoms with Gasteiger partial charge < -0.3 is 0 Å². The van der Waals surface area contributed by atoms with Crippen LogP contribution in [0.2, 0.25) is 0 Å². The number of halogens is 2. The first-order valence-corrected chi connectivity index (χ1v) is 7.24. The summed E-state index contributed by atoms with van der Waals surface area (Å²) in [6.45, 7) is 1.75. The van der Waals surface area contributed by atoms with Gasteiger partial charge in [-0.1, -0.05) is 22.0 Å². The smallest absolute Gasteiger partial charge is 0.212 e. The average Bonchev–Trinajstić information content (AvgIpc) is 1.92. The van der Waals surface area contributed by atoms with Crippen LogP contribution in [-0.4, -0.2) is 8.42 Å². The monoisotopic (exact) mass is 312 g/mol. The molecule has 0 saturated carbocycles. The van der Waals surface area contributed by atoms with Crippen molar-refractivity contribution in [2.45, 2.75) is 11.8 Å². The van der Waals surface area contributed by atoms with Crippen LogP contribution in [0.5, 0.6) is 0 Å². The summed E-state index contributed by atoms with van der Waals surface area (Å²) in [6, 6.07) is 5.12. The van der Waals surface area contributed by atoms with Crippen LogP contribution in [-0.2, 0) is 8.27 Å². The van der Waals surface area contributed by atoms with E-state index >= 15 is 0 Å². The molecule has 0 bridgehead atoms. The van der Waals surface area contributed by atoms with Crippen LogP contribution in [0.1, 0.15) is 5.56 Å². The third-order valence-corrected chi connectivity index (χ3v) is 3.92. The Morgan fingerprint density at radius 3 is 2.33 bits per heavy atom. The summed E-state index contributed by atoms with van der Waals surface area (Å²) >= 11 is 5.83. The molecule has 0 aliphatic heterocycles. The van der Waals surface area contributed by atoms with E-state index in [1.165, 1.54) is 0 Å². The van der Waals surface area contributed by atoms with Crippen molar-refractivity contribution in [1.29, 1.82) is 0 Å². The lowest BCUT2D eigenvalue weighted by Crippen LogP contribution is -1.93. The van der Waals surface area contributed by atoms with E-state index in [2.05, 4.69) is 30.7 Å². The van der Waals surface area contributed by atoms with Gasteiger partial charge in [-0.3, -0.25) is 0 Å². The first-order chi connectivity index (χ1) is 5.41. The molecule has 1 aromatic rings. The molecule has 0 N–H and O–H groups in total. The topological polar surface area (TPSA) is 34.1 Å². The highest BCUT2D eigenvalue weighted by atomic mass is 79.9. The van der Waals surface area contributed by atoms with Crippen LogP contribution in [0.3, 0.4) is 0 Å². The van der Waals surface area contributed by atoms with Gasteiger partial charge in [-0.25, -0.2) is 8.42 Å². The van der Waals surface area contributed by atoms with Gasteiger partial charge in [-0.15, -0.1) is 0 Å². The molecule has 5 heteroatoms. The van der Waals surface area contributed by atoms with E-state index in [0.717, 1.165) is 10.0 Å². The summed E-state index contributed by atoms with van der Waals surface area (Å²) in [7, 11) is -3.27. The normalized spacial score (nSPS) is 11.6. The maximum atomic E-state index is 11.1. The van der Waals surface area contributed by atoms with Gasteiger partial charge in [-0.05, 0) is 24.6 Å². The highest BCUT2D eigenvalue weighted by molar-refractivity contribution is 9.47. The Labute approximate surface area is 87.2 Å². The summed E-state index contributed by atoms with van der Waals surface area (Å²) in [5.41, 5.74) is 0.732. The predicted octanol–water partition coefficient (Wildman–Crippen LogP) is 2.84. The molecule has 12 heavy (non-hydrogen) atoms. The second kappa shape index (κ2) is 3.47. The molecule has 0 radical (unpaired) electrons. The Morgan fingerprint density at radius 1 is 1.33 bits per heavy atom. The van der Waals surface area contributed by atoms with Crippen molar-refractivity contribution in [3.05, 3.63) is 28.2 Å². The van der Waals surface area contributed by atoms with E-state index in [1.54, 1.807) is 25.1 Å². The minimum atomic E-state index is -3.27. The van der Waals surface area contributed by atoms with Crippen LogP contribution in [0.25, 0.3) is 0 Å². The second-order valence-corrected chi connectivity index (χ2v) is 7.14. The van der Waals surface area contributed by atoms with E-state index in [0.29, 0.717) is 4.90 Å². The molecule has 0 spiro atoms. The molecular formula is C7H6Br2O2S. The van der Waals surface area contributed by atoms with Crippen molar-refractivity contribution in [2.24, 2.45) is 0 Å². The first kappa shape index (κ1) is 10.2. The van der Waals surface area contributed by atoms with E-state index < -0.39 is 8.27 Å². The molecule has 0 fully saturated rings. The predicted molar refractivity (Wildman–Crippen MR) is 55.0 cm³/mol. The van der Waals surface area contributed by atoms with E-state index in [1.807, 2.05) is 0 Å². The molecule has 0 atom stereocenters. The zero-order valence-corrected chi connectivity index (χ0v) is 10.2. The number of rotatable bonds is 1. The quantitative estimate of drug-likeness (QED) is 0.747. The van der Waals surface area contributed by atoms with Crippen molar-refractivity contribution < 1.29 is 8.42 Å². The summed E-state index contributed by atoms with van der Waals surface area (Å²) in [6.07, 6.45) is 0. The van der Waals surface area contributed by atoms with Gasteiger partial charge in [0.15, 0.2) is 0 Å². The van der Waals surface area contributed by atoms with Gasteiger partial charge in [-0.2, -0.15) is 0 Å². The third kappa shape index (κ3) is 2.31. The zero-order chi connectivity index (χ0) is 9.35. The van der Waals surface area contributed by atoms with E-state index in [9.17, 15) is 8.42 Å². The number of hydrogen-bond acceptors (Lipinski definition) is 2. The maximum absolute atomic E-state index is 11.1. The minimum Gasteiger partial charge on any atom is -0.212 e. The SMILES string of the molecule is Cc1ccc(Br)cc1S(=O)(=O)Br. The van der Waals surface area contributed by atoms with Crippen LogP contribution in [0.4, 0.5) is 0 Å². The Bertz CT molecular complexity index is 398. The van der Waals surface area contributed by atoms with Crippen molar-refractivity contribution in [1.82, 2.24) is 0 Å². The fraction of sp³-hybridized carbons (Fsp3) is 0.143. The van der Waals surface area contributed by atoms with Crippen molar-refractivity contribution in [2.75, 3.05) is 0 Å². The molecule has 0 aliphatic rings. The van der Waals surface area contributed by atoms with Crippen molar-refractivity contribution >= 4 is 39.0 Å². The molecule has 1 rings (SSSR count). The van der Waals surface area contributed by atoms with Crippen LogP contribution < -0.4 is 0 Å². The van der Waals surface area contributed by atoms with Crippen LogP contribution in [0, 0.1) is 6.92 Å². The van der Waals surface area contributed by atoms with Gasteiger partial charge in [0.1, 0.15) is 0 Å². The maximum Gasteiger partial charge on any atom is 0.237 e. The van der Waals surface area contributed by atoms with E-state index in [-0.39, 0.29) is 0 Å². The van der Waals surface area contributed by atoms with E-state index in [4.69, 9.17) is 0 Å². The number of hydrogen-bond donors (Lipinski definition) is 0. The number of benzene rings is 1. The molecular weight excluding hydrogens is 308 g/mol. The lowest BCUT2D eigenvalue weighted by molar-refractivity contribution is 0.611. The van der Waals surface area contributed by atoms with Gasteiger partial charge in [0.2, 0.25) is 8.27 Å². The number of aryl methyl sites for hydroxylation is 1. The Balaban J connectivity index is 3.43. The van der Waals surface area contributed by atoms with Crippen LogP contribution >= 0.6 is 30.7 Å². The lowest BCUT2D eigenvalue weighted by atomic mass is 10.2.